The number of rotatable bonds is 4. The zero-order valence-electron chi connectivity index (χ0n) is 12.3. The molecule has 1 aromatic heterocycles. The Balaban J connectivity index is 1.82. The Labute approximate surface area is 120 Å². The lowest BCUT2D eigenvalue weighted by Gasteiger charge is -2.33. The summed E-state index contributed by atoms with van der Waals surface area (Å²) < 4.78 is 2.10. The van der Waals surface area contributed by atoms with E-state index in [4.69, 9.17) is 5.73 Å². The highest BCUT2D eigenvalue weighted by molar-refractivity contribution is 5.94. The Morgan fingerprint density at radius 1 is 1.30 bits per heavy atom. The molecule has 110 valence electrons. The summed E-state index contributed by atoms with van der Waals surface area (Å²) in [6.07, 6.45) is 10.4. The second-order valence-electron chi connectivity index (χ2n) is 6.18. The molecule has 1 aromatic rings. The largest absolute Gasteiger partial charge is 0.397 e. The zero-order chi connectivity index (χ0) is 14.1. The van der Waals surface area contributed by atoms with Gasteiger partial charge in [0.2, 0.25) is 0 Å². The average molecular weight is 275 g/mol. The summed E-state index contributed by atoms with van der Waals surface area (Å²) in [7, 11) is 0. The fraction of sp³-hybridized carbons (Fsp3) is 0.688. The predicted molar refractivity (Wildman–Crippen MR) is 80.7 cm³/mol. The van der Waals surface area contributed by atoms with Crippen molar-refractivity contribution in [3.05, 3.63) is 18.0 Å². The van der Waals surface area contributed by atoms with Crippen LogP contribution < -0.4 is 5.73 Å². The molecule has 0 radical (unpaired) electrons. The Kier molecular flexibility index (Phi) is 3.72. The minimum absolute atomic E-state index is 0.169. The van der Waals surface area contributed by atoms with Crippen molar-refractivity contribution < 1.29 is 4.79 Å². The Bertz CT molecular complexity index is 484. The van der Waals surface area contributed by atoms with E-state index in [9.17, 15) is 4.79 Å². The van der Waals surface area contributed by atoms with Crippen LogP contribution in [0, 0.1) is 0 Å². The lowest BCUT2D eigenvalue weighted by atomic mass is 9.94. The number of carbonyl (C=O) groups is 1. The fourth-order valence-corrected chi connectivity index (χ4v) is 3.43. The number of carbonyl (C=O) groups excluding carboxylic acids is 1. The van der Waals surface area contributed by atoms with Crippen molar-refractivity contribution in [2.24, 2.45) is 0 Å². The molecule has 3 rings (SSSR count). The van der Waals surface area contributed by atoms with Crippen LogP contribution in [0.15, 0.2) is 12.3 Å². The van der Waals surface area contributed by atoms with Crippen molar-refractivity contribution in [1.82, 2.24) is 9.47 Å². The van der Waals surface area contributed by atoms with Gasteiger partial charge in [0, 0.05) is 24.8 Å². The van der Waals surface area contributed by atoms with Gasteiger partial charge < -0.3 is 15.2 Å². The van der Waals surface area contributed by atoms with Crippen molar-refractivity contribution in [3.63, 3.8) is 0 Å². The molecule has 4 heteroatoms. The molecule has 0 spiro atoms. The van der Waals surface area contributed by atoms with Crippen molar-refractivity contribution in [2.45, 2.75) is 64.0 Å². The molecule has 2 N–H and O–H groups in total. The van der Waals surface area contributed by atoms with Gasteiger partial charge in [-0.25, -0.2) is 0 Å². The first-order valence-corrected chi connectivity index (χ1v) is 7.99. The van der Waals surface area contributed by atoms with E-state index in [0.29, 0.717) is 17.8 Å². The summed E-state index contributed by atoms with van der Waals surface area (Å²) >= 11 is 0. The summed E-state index contributed by atoms with van der Waals surface area (Å²) in [6, 6.07) is 2.77. The summed E-state index contributed by atoms with van der Waals surface area (Å²) in [5.41, 5.74) is 7.41. The van der Waals surface area contributed by atoms with E-state index in [1.54, 1.807) is 0 Å². The second-order valence-corrected chi connectivity index (χ2v) is 6.18. The number of aromatic nitrogens is 1. The molecular weight excluding hydrogens is 250 g/mol. The zero-order valence-corrected chi connectivity index (χ0v) is 12.3. The highest BCUT2D eigenvalue weighted by Gasteiger charge is 2.31. The van der Waals surface area contributed by atoms with Gasteiger partial charge in [-0.2, -0.15) is 0 Å². The van der Waals surface area contributed by atoms with E-state index in [-0.39, 0.29) is 5.91 Å². The third-order valence-electron chi connectivity index (χ3n) is 4.65. The predicted octanol–water partition coefficient (Wildman–Crippen LogP) is 3.20. The van der Waals surface area contributed by atoms with E-state index >= 15 is 0 Å². The highest BCUT2D eigenvalue weighted by Crippen LogP contribution is 2.37. The van der Waals surface area contributed by atoms with E-state index in [1.165, 1.54) is 32.1 Å². The van der Waals surface area contributed by atoms with Gasteiger partial charge in [0.25, 0.3) is 5.91 Å². The summed E-state index contributed by atoms with van der Waals surface area (Å²) in [5, 5.41) is 0. The molecule has 0 unspecified atom stereocenters. The van der Waals surface area contributed by atoms with Crippen molar-refractivity contribution >= 4 is 11.6 Å². The lowest BCUT2D eigenvalue weighted by molar-refractivity contribution is 0.0636. The molecule has 2 aliphatic carbocycles. The molecule has 0 bridgehead atoms. The number of anilines is 1. The van der Waals surface area contributed by atoms with Crippen LogP contribution in [0.25, 0.3) is 0 Å². The summed E-state index contributed by atoms with van der Waals surface area (Å²) in [6.45, 7) is 2.87. The minimum atomic E-state index is 0.169. The summed E-state index contributed by atoms with van der Waals surface area (Å²) in [4.78, 5) is 15.0. The van der Waals surface area contributed by atoms with E-state index in [1.807, 2.05) is 12.3 Å². The van der Waals surface area contributed by atoms with E-state index < -0.39 is 0 Å². The number of amides is 1. The monoisotopic (exact) mass is 275 g/mol. The number of hydrogen-bond donors (Lipinski definition) is 1. The fourth-order valence-electron chi connectivity index (χ4n) is 3.43. The van der Waals surface area contributed by atoms with Gasteiger partial charge in [-0.15, -0.1) is 0 Å². The topological polar surface area (TPSA) is 51.3 Å². The highest BCUT2D eigenvalue weighted by atomic mass is 16.2. The molecule has 0 aliphatic heterocycles. The quantitative estimate of drug-likeness (QED) is 0.917. The molecule has 1 heterocycles. The molecule has 1 amide bonds. The molecule has 4 nitrogen and oxygen atoms in total. The third kappa shape index (κ3) is 2.56. The van der Waals surface area contributed by atoms with Crippen molar-refractivity contribution in [2.75, 3.05) is 12.3 Å². The normalized spacial score (nSPS) is 20.1. The van der Waals surface area contributed by atoms with Gasteiger partial charge in [-0.05, 0) is 38.7 Å². The molecule has 0 aromatic carbocycles. The molecular formula is C16H25N3O. The first kappa shape index (κ1) is 13.5. The van der Waals surface area contributed by atoms with E-state index in [0.717, 1.165) is 25.1 Å². The van der Waals surface area contributed by atoms with Crippen molar-refractivity contribution in [3.8, 4) is 0 Å². The van der Waals surface area contributed by atoms with Crippen LogP contribution in [0.3, 0.4) is 0 Å². The third-order valence-corrected chi connectivity index (χ3v) is 4.65. The van der Waals surface area contributed by atoms with Gasteiger partial charge in [0.05, 0.1) is 5.69 Å². The number of nitrogen functional groups attached to an aromatic ring is 1. The maximum atomic E-state index is 12.9. The summed E-state index contributed by atoms with van der Waals surface area (Å²) in [5.74, 6) is 0.169. The van der Waals surface area contributed by atoms with Gasteiger partial charge in [-0.3, -0.25) is 4.79 Å². The maximum Gasteiger partial charge on any atom is 0.270 e. The lowest BCUT2D eigenvalue weighted by Crippen LogP contribution is -2.42. The molecule has 2 fully saturated rings. The number of nitrogens with two attached hydrogens (primary N) is 1. The van der Waals surface area contributed by atoms with Gasteiger partial charge in [0.1, 0.15) is 5.69 Å². The minimum Gasteiger partial charge on any atom is -0.397 e. The SMILES string of the molecule is CCN(C(=O)c1cc(N)cn1C1CC1)C1CCCCC1. The van der Waals surface area contributed by atoms with Gasteiger partial charge in [0.15, 0.2) is 0 Å². The number of hydrogen-bond acceptors (Lipinski definition) is 2. The van der Waals surface area contributed by atoms with Crippen LogP contribution in [0.1, 0.15) is 68.4 Å². The van der Waals surface area contributed by atoms with Crippen LogP contribution in [-0.4, -0.2) is 28.0 Å². The second kappa shape index (κ2) is 5.51. The van der Waals surface area contributed by atoms with Crippen LogP contribution in [-0.2, 0) is 0 Å². The van der Waals surface area contributed by atoms with Gasteiger partial charge >= 0.3 is 0 Å². The maximum absolute atomic E-state index is 12.9. The van der Waals surface area contributed by atoms with Crippen LogP contribution in [0.5, 0.6) is 0 Å². The Hall–Kier alpha value is -1.45. The van der Waals surface area contributed by atoms with Crippen molar-refractivity contribution in [1.29, 1.82) is 0 Å². The molecule has 0 saturated heterocycles. The molecule has 2 saturated carbocycles. The standard InChI is InChI=1S/C16H25N3O/c1-2-18(13-6-4-3-5-7-13)16(20)15-10-12(17)11-19(15)14-8-9-14/h10-11,13-14H,2-9,17H2,1H3. The molecule has 0 atom stereocenters. The van der Waals surface area contributed by atoms with Gasteiger partial charge in [-0.1, -0.05) is 19.3 Å². The average Bonchev–Trinajstić information content (AvgIpc) is 3.23. The van der Waals surface area contributed by atoms with Crippen LogP contribution in [0.4, 0.5) is 5.69 Å². The number of nitrogens with zero attached hydrogens (tertiary/aromatic N) is 2. The Morgan fingerprint density at radius 3 is 2.60 bits per heavy atom. The first-order chi connectivity index (χ1) is 9.70. The molecule has 20 heavy (non-hydrogen) atoms. The first-order valence-electron chi connectivity index (χ1n) is 7.99. The molecule has 2 aliphatic rings. The van der Waals surface area contributed by atoms with E-state index in [2.05, 4.69) is 16.4 Å². The Morgan fingerprint density at radius 2 is 2.00 bits per heavy atom. The smallest absolute Gasteiger partial charge is 0.270 e. The van der Waals surface area contributed by atoms with Crippen LogP contribution in [0.2, 0.25) is 0 Å². The van der Waals surface area contributed by atoms with Crippen LogP contribution >= 0.6 is 0 Å².